The minimum Gasteiger partial charge on any atom is -0.478 e. The van der Waals surface area contributed by atoms with Crippen LogP contribution in [0.15, 0.2) is 42.6 Å². The molecule has 2 aromatic rings. The number of aromatic nitrogens is 1. The molecule has 0 unspecified atom stereocenters. The number of carbonyl (C=O) groups is 2. The first-order valence-electron chi connectivity index (χ1n) is 11.5. The molecule has 0 radical (unpaired) electrons. The van der Waals surface area contributed by atoms with E-state index in [9.17, 15) is 9.59 Å². The summed E-state index contributed by atoms with van der Waals surface area (Å²) in [6.45, 7) is 11.3. The highest BCUT2D eigenvalue weighted by Gasteiger charge is 2.24. The Labute approximate surface area is 195 Å². The number of rotatable bonds is 5. The van der Waals surface area contributed by atoms with E-state index >= 15 is 0 Å². The Morgan fingerprint density at radius 3 is 2.03 bits per heavy atom. The van der Waals surface area contributed by atoms with Gasteiger partial charge in [0, 0.05) is 70.2 Å². The van der Waals surface area contributed by atoms with Crippen LogP contribution in [-0.4, -0.2) is 85.3 Å². The van der Waals surface area contributed by atoms with Crippen LogP contribution in [0.1, 0.15) is 34.6 Å². The average Bonchev–Trinajstić information content (AvgIpc) is 2.85. The van der Waals surface area contributed by atoms with Crippen molar-refractivity contribution in [1.82, 2.24) is 20.5 Å². The fourth-order valence-corrected chi connectivity index (χ4v) is 3.74. The molecule has 0 atom stereocenters. The Bertz CT molecular complexity index is 895. The summed E-state index contributed by atoms with van der Waals surface area (Å²) < 4.78 is 0. The molecule has 2 fully saturated rings. The van der Waals surface area contributed by atoms with Crippen molar-refractivity contribution in [2.24, 2.45) is 0 Å². The van der Waals surface area contributed by atoms with Crippen molar-refractivity contribution in [1.29, 1.82) is 0 Å². The zero-order valence-corrected chi connectivity index (χ0v) is 19.4. The molecule has 0 saturated carbocycles. The topological polar surface area (TPSA) is 110 Å². The summed E-state index contributed by atoms with van der Waals surface area (Å²) in [6, 6.07) is 10.3. The van der Waals surface area contributed by atoms with Crippen molar-refractivity contribution < 1.29 is 14.7 Å². The number of amides is 1. The van der Waals surface area contributed by atoms with E-state index < -0.39 is 5.97 Å². The maximum Gasteiger partial charge on any atom is 0.335 e. The summed E-state index contributed by atoms with van der Waals surface area (Å²) in [5.41, 5.74) is 1.68. The molecule has 0 bridgehead atoms. The van der Waals surface area contributed by atoms with Gasteiger partial charge in [0.15, 0.2) is 5.82 Å². The molecule has 0 aliphatic carbocycles. The number of nitrogens with one attached hydrogen (secondary N) is 3. The maximum absolute atomic E-state index is 12.7. The Balaban J connectivity index is 0.000000442. The van der Waals surface area contributed by atoms with E-state index in [4.69, 9.17) is 5.11 Å². The summed E-state index contributed by atoms with van der Waals surface area (Å²) in [5, 5.41) is 18.8. The van der Waals surface area contributed by atoms with Crippen LogP contribution in [0, 0.1) is 0 Å². The zero-order valence-electron chi connectivity index (χ0n) is 19.4. The first-order chi connectivity index (χ1) is 16.0. The van der Waals surface area contributed by atoms with Gasteiger partial charge in [-0.15, -0.1) is 0 Å². The van der Waals surface area contributed by atoms with E-state index in [-0.39, 0.29) is 11.5 Å². The first-order valence-corrected chi connectivity index (χ1v) is 11.5. The number of aromatic carboxylic acids is 1. The molecule has 1 amide bonds. The first kappa shape index (κ1) is 24.5. The second kappa shape index (κ2) is 12.2. The molecule has 2 saturated heterocycles. The Morgan fingerprint density at radius 2 is 1.52 bits per heavy atom. The number of hydrogen-bond donors (Lipinski definition) is 4. The van der Waals surface area contributed by atoms with Crippen LogP contribution in [0.25, 0.3) is 0 Å². The van der Waals surface area contributed by atoms with Gasteiger partial charge in [0.2, 0.25) is 0 Å². The number of carbonyl (C=O) groups excluding carboxylic acids is 1. The highest BCUT2D eigenvalue weighted by Crippen LogP contribution is 2.25. The molecule has 9 nitrogen and oxygen atoms in total. The van der Waals surface area contributed by atoms with Gasteiger partial charge in [0.25, 0.3) is 5.91 Å². The van der Waals surface area contributed by atoms with Crippen molar-refractivity contribution in [3.63, 3.8) is 0 Å². The summed E-state index contributed by atoms with van der Waals surface area (Å²) in [7, 11) is 0. The fraction of sp³-hybridized carbons (Fsp3) is 0.458. The van der Waals surface area contributed by atoms with Gasteiger partial charge in [-0.1, -0.05) is 0 Å². The molecular formula is C24H34N6O3. The van der Waals surface area contributed by atoms with Gasteiger partial charge in [-0.2, -0.15) is 0 Å². The lowest BCUT2D eigenvalue weighted by Gasteiger charge is -2.36. The minimum atomic E-state index is -0.996. The largest absolute Gasteiger partial charge is 0.478 e. The Morgan fingerprint density at radius 1 is 0.939 bits per heavy atom. The van der Waals surface area contributed by atoms with Gasteiger partial charge in [-0.05, 0) is 50.2 Å². The van der Waals surface area contributed by atoms with Gasteiger partial charge >= 0.3 is 5.97 Å². The fourth-order valence-electron chi connectivity index (χ4n) is 3.74. The van der Waals surface area contributed by atoms with Crippen molar-refractivity contribution >= 4 is 23.4 Å². The van der Waals surface area contributed by atoms with Gasteiger partial charge < -0.3 is 30.9 Å². The SMILES string of the molecule is C1CNCCN1.CC(C)Nc1cccnc1N1CCN(C(=O)c2ccc(C(=O)O)cc2)CC1. The van der Waals surface area contributed by atoms with E-state index in [0.29, 0.717) is 37.8 Å². The van der Waals surface area contributed by atoms with Crippen molar-refractivity contribution in [2.75, 3.05) is 62.6 Å². The quantitative estimate of drug-likeness (QED) is 0.541. The van der Waals surface area contributed by atoms with Gasteiger partial charge in [0.1, 0.15) is 0 Å². The summed E-state index contributed by atoms with van der Waals surface area (Å²) in [5.74, 6) is -0.166. The van der Waals surface area contributed by atoms with Crippen molar-refractivity contribution in [3.05, 3.63) is 53.7 Å². The predicted molar refractivity (Wildman–Crippen MR) is 130 cm³/mol. The number of piperazine rings is 2. The number of hydrogen-bond acceptors (Lipinski definition) is 7. The van der Waals surface area contributed by atoms with Crippen LogP contribution in [0.3, 0.4) is 0 Å². The molecule has 4 N–H and O–H groups in total. The van der Waals surface area contributed by atoms with E-state index in [1.165, 1.54) is 12.1 Å². The standard InChI is InChI=1S/C20H24N4O3.C4H10N2/c1-14(2)22-17-4-3-9-21-18(17)23-10-12-24(13-11-23)19(25)15-5-7-16(8-6-15)20(26)27;1-2-6-4-3-5-1/h3-9,14,22H,10-13H2,1-2H3,(H,26,27);5-6H,1-4H2. The number of pyridine rings is 1. The van der Waals surface area contributed by atoms with E-state index in [2.05, 4.69) is 39.7 Å². The van der Waals surface area contributed by atoms with E-state index in [1.807, 2.05) is 12.1 Å². The summed E-state index contributed by atoms with van der Waals surface area (Å²) in [4.78, 5) is 32.1. The molecule has 0 spiro atoms. The highest BCUT2D eigenvalue weighted by atomic mass is 16.4. The van der Waals surface area contributed by atoms with Crippen LogP contribution < -0.4 is 20.9 Å². The lowest BCUT2D eigenvalue weighted by atomic mass is 10.1. The van der Waals surface area contributed by atoms with Crippen molar-refractivity contribution in [2.45, 2.75) is 19.9 Å². The van der Waals surface area contributed by atoms with E-state index in [1.54, 1.807) is 23.2 Å². The zero-order chi connectivity index (χ0) is 23.6. The maximum atomic E-state index is 12.7. The van der Waals surface area contributed by atoms with Crippen LogP contribution in [0.5, 0.6) is 0 Å². The molecule has 178 valence electrons. The highest BCUT2D eigenvalue weighted by molar-refractivity contribution is 5.96. The van der Waals surface area contributed by atoms with Crippen molar-refractivity contribution in [3.8, 4) is 0 Å². The normalized spacial score (nSPS) is 16.1. The summed E-state index contributed by atoms with van der Waals surface area (Å²) in [6.07, 6.45) is 1.78. The molecular weight excluding hydrogens is 420 g/mol. The Kier molecular flexibility index (Phi) is 9.03. The molecule has 9 heteroatoms. The Hall–Kier alpha value is -3.17. The second-order valence-corrected chi connectivity index (χ2v) is 8.34. The van der Waals surface area contributed by atoms with Crippen LogP contribution in [-0.2, 0) is 0 Å². The van der Waals surface area contributed by atoms with Gasteiger partial charge in [0.05, 0.1) is 11.3 Å². The molecule has 2 aliphatic heterocycles. The molecule has 2 aliphatic rings. The van der Waals surface area contributed by atoms with E-state index in [0.717, 1.165) is 37.7 Å². The lowest BCUT2D eigenvalue weighted by molar-refractivity contribution is 0.0693. The third-order valence-corrected chi connectivity index (χ3v) is 5.43. The molecule has 1 aromatic carbocycles. The third kappa shape index (κ3) is 7.16. The number of benzene rings is 1. The number of nitrogens with zero attached hydrogens (tertiary/aromatic N) is 3. The van der Waals surface area contributed by atoms with Crippen LogP contribution in [0.4, 0.5) is 11.5 Å². The van der Waals surface area contributed by atoms with Crippen LogP contribution >= 0.6 is 0 Å². The second-order valence-electron chi connectivity index (χ2n) is 8.34. The lowest BCUT2D eigenvalue weighted by Crippen LogP contribution is -2.49. The number of anilines is 2. The van der Waals surface area contributed by atoms with Gasteiger partial charge in [-0.3, -0.25) is 4.79 Å². The number of carboxylic acid groups (broad SMARTS) is 1. The smallest absolute Gasteiger partial charge is 0.335 e. The molecule has 1 aromatic heterocycles. The molecule has 4 rings (SSSR count). The van der Waals surface area contributed by atoms with Gasteiger partial charge in [-0.25, -0.2) is 9.78 Å². The third-order valence-electron chi connectivity index (χ3n) is 5.43. The minimum absolute atomic E-state index is 0.0758. The predicted octanol–water partition coefficient (Wildman–Crippen LogP) is 1.74. The monoisotopic (exact) mass is 454 g/mol. The molecule has 3 heterocycles. The molecule has 33 heavy (non-hydrogen) atoms. The number of carboxylic acids is 1. The average molecular weight is 455 g/mol. The summed E-state index contributed by atoms with van der Waals surface area (Å²) >= 11 is 0. The van der Waals surface area contributed by atoms with Crippen LogP contribution in [0.2, 0.25) is 0 Å².